The van der Waals surface area contributed by atoms with E-state index in [0.717, 1.165) is 96.3 Å². The lowest BCUT2D eigenvalue weighted by Crippen LogP contribution is -2.28. The Kier molecular flexibility index (Phi) is 76.3. The van der Waals surface area contributed by atoms with E-state index in [-0.39, 0.29) is 25.2 Å². The molecular weight excluding hydrogens is 1100 g/mol. The molecule has 0 aliphatic heterocycles. The number of carbonyl (C=O) groups is 2. The molecular formula is C85H148O5. The average Bonchev–Trinajstić information content (AvgIpc) is 3.62. The standard InChI is InChI=1S/C85H148O5/c1-3-5-7-9-11-13-15-17-19-21-23-25-27-29-31-33-35-37-39-41-42-44-45-47-49-51-53-55-57-59-61-63-65-67-69-71-73-75-77-79-84(87)89-82-83(81-86)90-85(88)80-78-76-74-72-70-68-66-64-62-60-58-56-54-52-50-48-46-43-40-38-36-34-32-30-28-26-24-22-20-18-16-14-12-10-8-6-4-2/h6,8,12,14-15,17-18,20-21,23-24,26-27,29-30,32,36,38,43,46,83,86H,3-5,7,9-11,13,16,19,22,25,28,31,33-35,37,39-42,44-45,47-82H2,1-2H3/b8-6-,14-12-,17-15-,20-18-,23-21-,26-24-,29-27-,32-30-,38-36-,46-43-. The van der Waals surface area contributed by atoms with E-state index in [4.69, 9.17) is 9.47 Å². The van der Waals surface area contributed by atoms with Crippen molar-refractivity contribution in [1.82, 2.24) is 0 Å². The van der Waals surface area contributed by atoms with Gasteiger partial charge in [-0.15, -0.1) is 0 Å². The summed E-state index contributed by atoms with van der Waals surface area (Å²) in [6, 6.07) is 0. The van der Waals surface area contributed by atoms with Crippen molar-refractivity contribution in [2.45, 2.75) is 392 Å². The van der Waals surface area contributed by atoms with Gasteiger partial charge in [0, 0.05) is 12.8 Å². The summed E-state index contributed by atoms with van der Waals surface area (Å²) in [4.78, 5) is 24.7. The summed E-state index contributed by atoms with van der Waals surface area (Å²) < 4.78 is 10.8. The fourth-order valence-electron chi connectivity index (χ4n) is 11.4. The molecule has 0 saturated carbocycles. The number of hydrogen-bond donors (Lipinski definition) is 1. The molecule has 5 heteroatoms. The third-order valence-corrected chi connectivity index (χ3v) is 17.2. The summed E-state index contributed by atoms with van der Waals surface area (Å²) in [6.45, 7) is 4.05. The van der Waals surface area contributed by atoms with Crippen LogP contribution in [0.4, 0.5) is 0 Å². The van der Waals surface area contributed by atoms with E-state index in [2.05, 4.69) is 135 Å². The van der Waals surface area contributed by atoms with Gasteiger partial charge in [0.2, 0.25) is 0 Å². The van der Waals surface area contributed by atoms with Gasteiger partial charge in [0.05, 0.1) is 6.61 Å². The minimum absolute atomic E-state index is 0.0657. The van der Waals surface area contributed by atoms with Crippen LogP contribution in [-0.4, -0.2) is 36.4 Å². The van der Waals surface area contributed by atoms with Gasteiger partial charge in [-0.3, -0.25) is 9.59 Å². The van der Waals surface area contributed by atoms with Crippen molar-refractivity contribution in [3.05, 3.63) is 122 Å². The second-order valence-corrected chi connectivity index (χ2v) is 26.1. The van der Waals surface area contributed by atoms with E-state index < -0.39 is 6.10 Å². The number of esters is 2. The van der Waals surface area contributed by atoms with Crippen molar-refractivity contribution in [2.75, 3.05) is 13.2 Å². The Balaban J connectivity index is 3.43. The molecule has 0 fully saturated rings. The molecule has 0 aliphatic carbocycles. The molecule has 0 saturated heterocycles. The van der Waals surface area contributed by atoms with Crippen molar-refractivity contribution < 1.29 is 24.2 Å². The van der Waals surface area contributed by atoms with Gasteiger partial charge in [0.25, 0.3) is 0 Å². The highest BCUT2D eigenvalue weighted by molar-refractivity contribution is 5.70. The summed E-state index contributed by atoms with van der Waals surface area (Å²) in [5.74, 6) is -0.577. The van der Waals surface area contributed by atoms with Gasteiger partial charge in [-0.2, -0.15) is 0 Å². The van der Waals surface area contributed by atoms with Crippen molar-refractivity contribution in [1.29, 1.82) is 0 Å². The molecule has 1 unspecified atom stereocenters. The Morgan fingerprint density at radius 2 is 0.478 bits per heavy atom. The van der Waals surface area contributed by atoms with Crippen LogP contribution < -0.4 is 0 Å². The molecule has 0 heterocycles. The van der Waals surface area contributed by atoms with Crippen LogP contribution in [0.2, 0.25) is 0 Å². The van der Waals surface area contributed by atoms with Gasteiger partial charge in [-0.05, 0) is 109 Å². The predicted molar refractivity (Wildman–Crippen MR) is 398 cm³/mol. The molecule has 0 rings (SSSR count). The normalized spacial score (nSPS) is 12.9. The summed E-state index contributed by atoms with van der Waals surface area (Å²) in [7, 11) is 0. The molecule has 0 bridgehead atoms. The van der Waals surface area contributed by atoms with Crippen LogP contribution in [0.1, 0.15) is 386 Å². The second-order valence-electron chi connectivity index (χ2n) is 26.1. The molecule has 0 radical (unpaired) electrons. The Bertz CT molecular complexity index is 1750. The maximum Gasteiger partial charge on any atom is 0.306 e. The van der Waals surface area contributed by atoms with E-state index >= 15 is 0 Å². The van der Waals surface area contributed by atoms with E-state index in [1.807, 2.05) is 0 Å². The molecule has 1 atom stereocenters. The molecule has 0 spiro atoms. The van der Waals surface area contributed by atoms with Crippen molar-refractivity contribution in [3.63, 3.8) is 0 Å². The second kappa shape index (κ2) is 79.5. The third kappa shape index (κ3) is 76.8. The topological polar surface area (TPSA) is 72.8 Å². The van der Waals surface area contributed by atoms with Gasteiger partial charge in [0.1, 0.15) is 6.61 Å². The van der Waals surface area contributed by atoms with Crippen LogP contribution in [0.3, 0.4) is 0 Å². The molecule has 0 aromatic heterocycles. The van der Waals surface area contributed by atoms with Crippen LogP contribution in [0.25, 0.3) is 0 Å². The summed E-state index contributed by atoms with van der Waals surface area (Å²) >= 11 is 0. The predicted octanol–water partition coefficient (Wildman–Crippen LogP) is 27.7. The van der Waals surface area contributed by atoms with Gasteiger partial charge in [-0.25, -0.2) is 0 Å². The van der Waals surface area contributed by atoms with E-state index in [0.29, 0.717) is 12.8 Å². The largest absolute Gasteiger partial charge is 0.462 e. The number of allylic oxidation sites excluding steroid dienone is 20. The molecule has 0 aromatic rings. The number of ether oxygens (including phenoxy) is 2. The molecule has 0 aliphatic rings. The fourth-order valence-corrected chi connectivity index (χ4v) is 11.4. The average molecular weight is 1250 g/mol. The van der Waals surface area contributed by atoms with Crippen LogP contribution >= 0.6 is 0 Å². The first-order chi connectivity index (χ1) is 44.6. The number of aliphatic hydroxyl groups excluding tert-OH is 1. The highest BCUT2D eigenvalue weighted by atomic mass is 16.6. The zero-order valence-electron chi connectivity index (χ0n) is 59.6. The van der Waals surface area contributed by atoms with Crippen molar-refractivity contribution in [3.8, 4) is 0 Å². The van der Waals surface area contributed by atoms with Crippen LogP contribution in [-0.2, 0) is 19.1 Å². The Labute approximate surface area is 560 Å². The monoisotopic (exact) mass is 1250 g/mol. The molecule has 0 amide bonds. The minimum Gasteiger partial charge on any atom is -0.462 e. The van der Waals surface area contributed by atoms with E-state index in [1.54, 1.807) is 0 Å². The van der Waals surface area contributed by atoms with Gasteiger partial charge in [-0.1, -0.05) is 386 Å². The molecule has 1 N–H and O–H groups in total. The smallest absolute Gasteiger partial charge is 0.306 e. The van der Waals surface area contributed by atoms with Gasteiger partial charge >= 0.3 is 11.9 Å². The van der Waals surface area contributed by atoms with Crippen LogP contribution in [0.15, 0.2) is 122 Å². The lowest BCUT2D eigenvalue weighted by Gasteiger charge is -2.15. The highest BCUT2D eigenvalue weighted by Gasteiger charge is 2.16. The number of carbonyl (C=O) groups excluding carboxylic acids is 2. The molecule has 0 aromatic carbocycles. The number of aliphatic hydroxyl groups is 1. The third-order valence-electron chi connectivity index (χ3n) is 17.2. The van der Waals surface area contributed by atoms with Crippen molar-refractivity contribution >= 4 is 11.9 Å². The fraction of sp³-hybridized carbons (Fsp3) is 0.741. The number of hydrogen-bond acceptors (Lipinski definition) is 5. The first kappa shape index (κ1) is 86.3. The van der Waals surface area contributed by atoms with Crippen LogP contribution in [0, 0.1) is 0 Å². The first-order valence-electron chi connectivity index (χ1n) is 39.1. The van der Waals surface area contributed by atoms with Crippen LogP contribution in [0.5, 0.6) is 0 Å². The Morgan fingerprint density at radius 1 is 0.267 bits per heavy atom. The zero-order chi connectivity index (χ0) is 64.7. The van der Waals surface area contributed by atoms with E-state index in [1.165, 1.54) is 263 Å². The van der Waals surface area contributed by atoms with Gasteiger partial charge < -0.3 is 14.6 Å². The number of unbranched alkanes of at least 4 members (excludes halogenated alkanes) is 44. The number of rotatable bonds is 72. The SMILES string of the molecule is CC/C=C\C/C=C\C/C=C\C/C=C\C/C=C\C/C=C\C/C=C\CCCCCCCCCCCCCCCCCC(=O)OC(CO)COC(=O)CCCCCCCCCCCCCCCCCCCCCCCCCC/C=C\C/C=C\C/C=C\CCCCCCC. The molecule has 5 nitrogen and oxygen atoms in total. The summed E-state index contributed by atoms with van der Waals surface area (Å²) in [5, 5.41) is 9.73. The summed E-state index contributed by atoms with van der Waals surface area (Å²) in [5.41, 5.74) is 0. The Morgan fingerprint density at radius 3 is 0.722 bits per heavy atom. The maximum absolute atomic E-state index is 12.4. The minimum atomic E-state index is -0.778. The Hall–Kier alpha value is -3.70. The van der Waals surface area contributed by atoms with E-state index in [9.17, 15) is 14.7 Å². The maximum atomic E-state index is 12.4. The highest BCUT2D eigenvalue weighted by Crippen LogP contribution is 2.19. The summed E-state index contributed by atoms with van der Waals surface area (Å²) in [6.07, 6.45) is 117. The zero-order valence-corrected chi connectivity index (χ0v) is 59.6. The molecule has 518 valence electrons. The van der Waals surface area contributed by atoms with Crippen molar-refractivity contribution in [2.24, 2.45) is 0 Å². The lowest BCUT2D eigenvalue weighted by molar-refractivity contribution is -0.161. The molecule has 90 heavy (non-hydrogen) atoms. The lowest BCUT2D eigenvalue weighted by atomic mass is 10.0. The quantitative estimate of drug-likeness (QED) is 0.0373. The van der Waals surface area contributed by atoms with Gasteiger partial charge in [0.15, 0.2) is 6.10 Å². The first-order valence-corrected chi connectivity index (χ1v) is 39.1.